The minimum atomic E-state index is 0. The molecular weight excluding hydrogens is 130 g/mol. The molecule has 1 rings (SSSR count). The lowest BCUT2D eigenvalue weighted by molar-refractivity contribution is 0.478. The molecule has 0 fully saturated rings. The first kappa shape index (κ1) is 8.78. The number of hydrogen-bond donors (Lipinski definition) is 2. The highest BCUT2D eigenvalue weighted by atomic mass is 16.3. The molecule has 0 saturated carbocycles. The summed E-state index contributed by atoms with van der Waals surface area (Å²) in [5, 5.41) is 8.92. The van der Waals surface area contributed by atoms with E-state index in [1.807, 2.05) is 13.0 Å². The highest BCUT2D eigenvalue weighted by Gasteiger charge is 1.92. The molecule has 5 N–H and O–H groups in total. The number of rotatable bonds is 0. The topological polar surface area (TPSA) is 77.8 Å². The van der Waals surface area contributed by atoms with Crippen LogP contribution in [0, 0.1) is 6.92 Å². The summed E-state index contributed by atoms with van der Waals surface area (Å²) in [5.74, 6) is 0.153. The quantitative estimate of drug-likeness (QED) is 0.406. The molecule has 0 aromatic heterocycles. The second kappa shape index (κ2) is 3.08. The molecule has 0 amide bonds. The highest BCUT2D eigenvalue weighted by Crippen LogP contribution is 2.19. The van der Waals surface area contributed by atoms with Gasteiger partial charge in [0.1, 0.15) is 5.75 Å². The second-order valence-corrected chi connectivity index (χ2v) is 2.06. The van der Waals surface area contributed by atoms with Crippen LogP contribution >= 0.6 is 0 Å². The van der Waals surface area contributed by atoms with E-state index in [-0.39, 0.29) is 11.2 Å². The molecule has 0 spiro atoms. The molecule has 3 heteroatoms. The van der Waals surface area contributed by atoms with Gasteiger partial charge in [-0.15, -0.1) is 0 Å². The zero-order chi connectivity index (χ0) is 6.85. The number of hydrogen-bond acceptors (Lipinski definition) is 2. The molecule has 0 atom stereocenters. The van der Waals surface area contributed by atoms with Crippen molar-refractivity contribution in [3.63, 3.8) is 0 Å². The first-order valence-corrected chi connectivity index (χ1v) is 2.75. The smallest absolute Gasteiger partial charge is 0.138 e. The van der Waals surface area contributed by atoms with Gasteiger partial charge in [0.2, 0.25) is 0 Å². The van der Waals surface area contributed by atoms with Crippen molar-refractivity contribution in [1.29, 1.82) is 0 Å². The molecule has 0 bridgehead atoms. The minimum Gasteiger partial charge on any atom is -0.506 e. The molecule has 10 heavy (non-hydrogen) atoms. The number of anilines is 1. The lowest BCUT2D eigenvalue weighted by atomic mass is 10.2. The predicted octanol–water partition coefficient (Wildman–Crippen LogP) is 0.458. The second-order valence-electron chi connectivity index (χ2n) is 2.06. The fourth-order valence-electron chi connectivity index (χ4n) is 0.674. The van der Waals surface area contributed by atoms with Crippen LogP contribution in [-0.2, 0) is 0 Å². The first-order chi connectivity index (χ1) is 4.20. The summed E-state index contributed by atoms with van der Waals surface area (Å²) >= 11 is 0. The fraction of sp³-hybridized carbons (Fsp3) is 0.143. The molecule has 0 unspecified atom stereocenters. The van der Waals surface area contributed by atoms with E-state index in [0.29, 0.717) is 5.69 Å². The van der Waals surface area contributed by atoms with E-state index in [1.54, 1.807) is 12.1 Å². The van der Waals surface area contributed by atoms with Crippen molar-refractivity contribution in [3.05, 3.63) is 23.8 Å². The molecule has 0 aliphatic heterocycles. The maximum atomic E-state index is 8.92. The zero-order valence-corrected chi connectivity index (χ0v) is 5.76. The van der Waals surface area contributed by atoms with Gasteiger partial charge in [-0.3, -0.25) is 0 Å². The summed E-state index contributed by atoms with van der Waals surface area (Å²) in [6, 6.07) is 5.13. The Labute approximate surface area is 59.4 Å². The Hall–Kier alpha value is -1.22. The Bertz CT molecular complexity index is 223. The summed E-state index contributed by atoms with van der Waals surface area (Å²) in [4.78, 5) is 0. The third-order valence-corrected chi connectivity index (χ3v) is 1.18. The number of benzene rings is 1. The van der Waals surface area contributed by atoms with Gasteiger partial charge in [-0.05, 0) is 24.6 Å². The molecular formula is C7H11NO2. The average Bonchev–Trinajstić information content (AvgIpc) is 1.80. The van der Waals surface area contributed by atoms with Crippen LogP contribution in [-0.4, -0.2) is 10.6 Å². The van der Waals surface area contributed by atoms with Crippen LogP contribution in [0.3, 0.4) is 0 Å². The zero-order valence-electron chi connectivity index (χ0n) is 5.76. The Kier molecular flexibility index (Phi) is 2.70. The predicted molar refractivity (Wildman–Crippen MR) is 40.9 cm³/mol. The third kappa shape index (κ3) is 1.63. The highest BCUT2D eigenvalue weighted by molar-refractivity contribution is 5.52. The number of phenols is 1. The maximum absolute atomic E-state index is 8.92. The molecule has 3 nitrogen and oxygen atoms in total. The van der Waals surface area contributed by atoms with E-state index in [4.69, 9.17) is 10.8 Å². The van der Waals surface area contributed by atoms with Crippen LogP contribution in [0.4, 0.5) is 5.69 Å². The summed E-state index contributed by atoms with van der Waals surface area (Å²) < 4.78 is 0. The molecule has 0 radical (unpaired) electrons. The van der Waals surface area contributed by atoms with Crippen LogP contribution in [0.1, 0.15) is 5.56 Å². The number of aromatic hydroxyl groups is 1. The van der Waals surface area contributed by atoms with E-state index in [1.165, 1.54) is 0 Å². The van der Waals surface area contributed by atoms with Crippen molar-refractivity contribution in [3.8, 4) is 5.75 Å². The van der Waals surface area contributed by atoms with Gasteiger partial charge in [-0.2, -0.15) is 0 Å². The van der Waals surface area contributed by atoms with Crippen molar-refractivity contribution in [2.45, 2.75) is 6.92 Å². The van der Waals surface area contributed by atoms with Gasteiger partial charge >= 0.3 is 0 Å². The number of aryl methyl sites for hydroxylation is 1. The standard InChI is InChI=1S/C7H9NO.H2O/c1-5-2-3-7(9)6(8)4-5;/h2-4,9H,8H2,1H3;1H2. The van der Waals surface area contributed by atoms with Gasteiger partial charge in [-0.1, -0.05) is 6.07 Å². The molecule has 0 heterocycles. The monoisotopic (exact) mass is 141 g/mol. The summed E-state index contributed by atoms with van der Waals surface area (Å²) in [5.41, 5.74) is 6.87. The maximum Gasteiger partial charge on any atom is 0.138 e. The van der Waals surface area contributed by atoms with Gasteiger partial charge in [0.05, 0.1) is 5.69 Å². The first-order valence-electron chi connectivity index (χ1n) is 2.75. The van der Waals surface area contributed by atoms with E-state index < -0.39 is 0 Å². The van der Waals surface area contributed by atoms with Crippen molar-refractivity contribution in [2.24, 2.45) is 0 Å². The number of phenolic OH excluding ortho intramolecular Hbond substituents is 1. The Morgan fingerprint density at radius 1 is 1.40 bits per heavy atom. The molecule has 0 saturated heterocycles. The summed E-state index contributed by atoms with van der Waals surface area (Å²) in [6.07, 6.45) is 0. The van der Waals surface area contributed by atoms with Gasteiger partial charge < -0.3 is 16.3 Å². The van der Waals surface area contributed by atoms with Crippen LogP contribution in [0.5, 0.6) is 5.75 Å². The van der Waals surface area contributed by atoms with Gasteiger partial charge in [0, 0.05) is 0 Å². The van der Waals surface area contributed by atoms with Gasteiger partial charge in [0.25, 0.3) is 0 Å². The normalized spacial score (nSPS) is 8.50. The number of nitrogens with two attached hydrogens (primary N) is 1. The van der Waals surface area contributed by atoms with Crippen LogP contribution < -0.4 is 5.73 Å². The van der Waals surface area contributed by atoms with E-state index in [0.717, 1.165) is 5.56 Å². The Balaban J connectivity index is 0.000000810. The van der Waals surface area contributed by atoms with Crippen molar-refractivity contribution in [2.75, 3.05) is 5.73 Å². The third-order valence-electron chi connectivity index (χ3n) is 1.18. The SMILES string of the molecule is Cc1ccc(O)c(N)c1.O. The molecule has 0 aliphatic carbocycles. The summed E-state index contributed by atoms with van der Waals surface area (Å²) in [7, 11) is 0. The minimum absolute atomic E-state index is 0. The van der Waals surface area contributed by atoms with E-state index in [2.05, 4.69) is 0 Å². The van der Waals surface area contributed by atoms with E-state index >= 15 is 0 Å². The molecule has 56 valence electrons. The van der Waals surface area contributed by atoms with Gasteiger partial charge in [-0.25, -0.2) is 0 Å². The van der Waals surface area contributed by atoms with Crippen LogP contribution in [0.15, 0.2) is 18.2 Å². The van der Waals surface area contributed by atoms with Gasteiger partial charge in [0.15, 0.2) is 0 Å². The van der Waals surface area contributed by atoms with Crippen molar-refractivity contribution in [1.82, 2.24) is 0 Å². The van der Waals surface area contributed by atoms with Crippen molar-refractivity contribution < 1.29 is 10.6 Å². The lowest BCUT2D eigenvalue weighted by Gasteiger charge is -1.97. The number of nitrogen functional groups attached to an aromatic ring is 1. The summed E-state index contributed by atoms with van der Waals surface area (Å²) in [6.45, 7) is 1.93. The fourth-order valence-corrected chi connectivity index (χ4v) is 0.674. The molecule has 1 aromatic carbocycles. The average molecular weight is 141 g/mol. The van der Waals surface area contributed by atoms with Crippen LogP contribution in [0.25, 0.3) is 0 Å². The van der Waals surface area contributed by atoms with Crippen molar-refractivity contribution >= 4 is 5.69 Å². The Morgan fingerprint density at radius 3 is 2.40 bits per heavy atom. The molecule has 0 aliphatic rings. The largest absolute Gasteiger partial charge is 0.506 e. The Morgan fingerprint density at radius 2 is 2.00 bits per heavy atom. The molecule has 1 aromatic rings. The lowest BCUT2D eigenvalue weighted by Crippen LogP contribution is -1.85. The van der Waals surface area contributed by atoms with Crippen LogP contribution in [0.2, 0.25) is 0 Å². The van der Waals surface area contributed by atoms with E-state index in [9.17, 15) is 0 Å².